The quantitative estimate of drug-likeness (QED) is 0.673. The first kappa shape index (κ1) is 12.5. The zero-order chi connectivity index (χ0) is 11.1. The van der Waals surface area contributed by atoms with Gasteiger partial charge in [0.1, 0.15) is 10.5 Å². The highest BCUT2D eigenvalue weighted by atomic mass is 28.2. The lowest BCUT2D eigenvalue weighted by atomic mass is 10.0. The van der Waals surface area contributed by atoms with E-state index in [1.165, 1.54) is 18.4 Å². The lowest BCUT2D eigenvalue weighted by Crippen LogP contribution is -2.02. The summed E-state index contributed by atoms with van der Waals surface area (Å²) in [6, 6.07) is 10.6. The summed E-state index contributed by atoms with van der Waals surface area (Å²) < 4.78 is 5.66. The Morgan fingerprint density at radius 3 is 2.33 bits per heavy atom. The maximum atomic E-state index is 5.66. The fourth-order valence-corrected chi connectivity index (χ4v) is 2.31. The standard InChI is InChI=1S/C13H22OSi/c1-11(2)7-6-10-13(14-15)12-8-4-3-5-9-12/h3-5,8-9,11,13H,6-7,10H2,1-2,15H3. The van der Waals surface area contributed by atoms with Crippen molar-refractivity contribution in [3.05, 3.63) is 35.9 Å². The normalized spacial score (nSPS) is 13.3. The molecule has 0 N–H and O–H groups in total. The molecule has 15 heavy (non-hydrogen) atoms. The molecule has 0 amide bonds. The number of benzene rings is 1. The maximum absolute atomic E-state index is 5.66. The fourth-order valence-electron chi connectivity index (χ4n) is 1.80. The van der Waals surface area contributed by atoms with Crippen molar-refractivity contribution in [3.8, 4) is 0 Å². The molecule has 0 aliphatic heterocycles. The molecule has 84 valence electrons. The van der Waals surface area contributed by atoms with Gasteiger partial charge in [-0.2, -0.15) is 0 Å². The van der Waals surface area contributed by atoms with E-state index in [4.69, 9.17) is 4.43 Å². The van der Waals surface area contributed by atoms with Crippen LogP contribution < -0.4 is 0 Å². The lowest BCUT2D eigenvalue weighted by Gasteiger charge is -2.16. The van der Waals surface area contributed by atoms with Crippen LogP contribution >= 0.6 is 0 Å². The van der Waals surface area contributed by atoms with Gasteiger partial charge < -0.3 is 4.43 Å². The van der Waals surface area contributed by atoms with Crippen molar-refractivity contribution >= 4 is 10.5 Å². The SMILES string of the molecule is CC(C)CCCC(O[SiH3])c1ccccc1. The number of hydrogen-bond acceptors (Lipinski definition) is 1. The Labute approximate surface area is 96.4 Å². The second-order valence-corrected chi connectivity index (χ2v) is 4.93. The maximum Gasteiger partial charge on any atom is 0.146 e. The van der Waals surface area contributed by atoms with E-state index in [9.17, 15) is 0 Å². The molecule has 0 heterocycles. The molecule has 1 nitrogen and oxygen atoms in total. The van der Waals surface area contributed by atoms with Crippen LogP contribution in [0.5, 0.6) is 0 Å². The summed E-state index contributed by atoms with van der Waals surface area (Å²) in [6.07, 6.45) is 4.05. The molecule has 1 rings (SSSR count). The van der Waals surface area contributed by atoms with Gasteiger partial charge in [-0.1, -0.05) is 57.0 Å². The van der Waals surface area contributed by atoms with E-state index in [-0.39, 0.29) is 0 Å². The summed E-state index contributed by atoms with van der Waals surface area (Å²) in [7, 11) is 0.820. The summed E-state index contributed by atoms with van der Waals surface area (Å²) in [4.78, 5) is 0. The summed E-state index contributed by atoms with van der Waals surface area (Å²) >= 11 is 0. The predicted molar refractivity (Wildman–Crippen MR) is 68.9 cm³/mol. The minimum absolute atomic E-state index is 0.330. The first-order valence-electron chi connectivity index (χ1n) is 5.81. The van der Waals surface area contributed by atoms with Gasteiger partial charge in [-0.25, -0.2) is 0 Å². The van der Waals surface area contributed by atoms with E-state index < -0.39 is 0 Å². The predicted octanol–water partition coefficient (Wildman–Crippen LogP) is 2.85. The average Bonchev–Trinajstić information content (AvgIpc) is 2.25. The first-order chi connectivity index (χ1) is 7.24. The van der Waals surface area contributed by atoms with Crippen LogP contribution in [-0.2, 0) is 4.43 Å². The van der Waals surface area contributed by atoms with Crippen LogP contribution in [0.3, 0.4) is 0 Å². The molecular formula is C13H22OSi. The second kappa shape index (κ2) is 6.80. The van der Waals surface area contributed by atoms with Crippen LogP contribution in [0.4, 0.5) is 0 Å². The molecule has 1 aromatic carbocycles. The highest BCUT2D eigenvalue weighted by molar-refractivity contribution is 5.98. The van der Waals surface area contributed by atoms with Crippen LogP contribution in [0.15, 0.2) is 30.3 Å². The third-order valence-corrected chi connectivity index (χ3v) is 3.27. The van der Waals surface area contributed by atoms with E-state index in [2.05, 4.69) is 44.2 Å². The van der Waals surface area contributed by atoms with Crippen molar-refractivity contribution in [2.75, 3.05) is 0 Å². The van der Waals surface area contributed by atoms with Gasteiger partial charge in [0.25, 0.3) is 0 Å². The van der Waals surface area contributed by atoms with E-state index in [0.717, 1.165) is 22.8 Å². The molecule has 0 saturated carbocycles. The van der Waals surface area contributed by atoms with Gasteiger partial charge in [-0.15, -0.1) is 0 Å². The van der Waals surface area contributed by atoms with Gasteiger partial charge in [0.2, 0.25) is 0 Å². The monoisotopic (exact) mass is 222 g/mol. The summed E-state index contributed by atoms with van der Waals surface area (Å²) in [5.74, 6) is 0.801. The van der Waals surface area contributed by atoms with Crippen molar-refractivity contribution < 1.29 is 4.43 Å². The zero-order valence-electron chi connectivity index (χ0n) is 10.1. The average molecular weight is 222 g/mol. The van der Waals surface area contributed by atoms with Crippen LogP contribution in [0, 0.1) is 5.92 Å². The zero-order valence-corrected chi connectivity index (χ0v) is 12.1. The van der Waals surface area contributed by atoms with E-state index in [1.54, 1.807) is 0 Å². The van der Waals surface area contributed by atoms with Crippen molar-refractivity contribution in [1.82, 2.24) is 0 Å². The van der Waals surface area contributed by atoms with Gasteiger partial charge in [-0.3, -0.25) is 0 Å². The Morgan fingerprint density at radius 2 is 1.80 bits per heavy atom. The van der Waals surface area contributed by atoms with E-state index in [0.29, 0.717) is 6.10 Å². The Bertz CT molecular complexity index is 258. The summed E-state index contributed by atoms with van der Waals surface area (Å²) in [5, 5.41) is 0. The topological polar surface area (TPSA) is 9.23 Å². The van der Waals surface area contributed by atoms with Gasteiger partial charge in [-0.05, 0) is 17.9 Å². The first-order valence-corrected chi connectivity index (χ1v) is 6.63. The molecular weight excluding hydrogens is 200 g/mol. The molecule has 0 radical (unpaired) electrons. The Hall–Kier alpha value is -0.603. The van der Waals surface area contributed by atoms with Gasteiger partial charge in [0.15, 0.2) is 0 Å². The van der Waals surface area contributed by atoms with Crippen molar-refractivity contribution in [3.63, 3.8) is 0 Å². The minimum Gasteiger partial charge on any atom is -0.421 e. The minimum atomic E-state index is 0.330. The fraction of sp³-hybridized carbons (Fsp3) is 0.538. The molecule has 0 fully saturated rings. The van der Waals surface area contributed by atoms with E-state index in [1.807, 2.05) is 0 Å². The molecule has 1 unspecified atom stereocenters. The van der Waals surface area contributed by atoms with E-state index >= 15 is 0 Å². The molecule has 0 aliphatic carbocycles. The van der Waals surface area contributed by atoms with Crippen molar-refractivity contribution in [2.24, 2.45) is 5.92 Å². The van der Waals surface area contributed by atoms with Gasteiger partial charge in [0, 0.05) is 0 Å². The number of rotatable bonds is 6. The van der Waals surface area contributed by atoms with Gasteiger partial charge >= 0.3 is 0 Å². The molecule has 2 heteroatoms. The smallest absolute Gasteiger partial charge is 0.146 e. The van der Waals surface area contributed by atoms with Crippen LogP contribution in [0.25, 0.3) is 0 Å². The second-order valence-electron chi connectivity index (χ2n) is 4.46. The highest BCUT2D eigenvalue weighted by Crippen LogP contribution is 2.23. The molecule has 0 aliphatic rings. The van der Waals surface area contributed by atoms with Crippen LogP contribution in [0.2, 0.25) is 0 Å². The molecule has 0 spiro atoms. The van der Waals surface area contributed by atoms with Crippen LogP contribution in [-0.4, -0.2) is 10.5 Å². The highest BCUT2D eigenvalue weighted by Gasteiger charge is 2.08. The Balaban J connectivity index is 2.43. The molecule has 1 atom stereocenters. The Morgan fingerprint density at radius 1 is 1.13 bits per heavy atom. The number of hydrogen-bond donors (Lipinski definition) is 0. The van der Waals surface area contributed by atoms with Gasteiger partial charge in [0.05, 0.1) is 6.10 Å². The summed E-state index contributed by atoms with van der Waals surface area (Å²) in [6.45, 7) is 4.55. The molecule has 0 bridgehead atoms. The third-order valence-electron chi connectivity index (χ3n) is 2.70. The molecule has 0 saturated heterocycles. The molecule has 0 aromatic heterocycles. The molecule has 1 aromatic rings. The van der Waals surface area contributed by atoms with Crippen molar-refractivity contribution in [1.29, 1.82) is 0 Å². The third kappa shape index (κ3) is 4.63. The lowest BCUT2D eigenvalue weighted by molar-refractivity contribution is 0.207. The largest absolute Gasteiger partial charge is 0.421 e. The Kier molecular flexibility index (Phi) is 5.65. The van der Waals surface area contributed by atoms with Crippen molar-refractivity contribution in [2.45, 2.75) is 39.2 Å². The summed E-state index contributed by atoms with van der Waals surface area (Å²) in [5.41, 5.74) is 1.33. The van der Waals surface area contributed by atoms with Crippen LogP contribution in [0.1, 0.15) is 44.8 Å².